The summed E-state index contributed by atoms with van der Waals surface area (Å²) in [5.74, 6) is 0.504. The van der Waals surface area contributed by atoms with Gasteiger partial charge in [-0.1, -0.05) is 29.9 Å². The lowest BCUT2D eigenvalue weighted by Crippen LogP contribution is -2.36. The molecule has 4 heterocycles. The number of allylic oxidation sites excluding steroid dienone is 9. The highest BCUT2D eigenvalue weighted by Crippen LogP contribution is 2.55. The molecule has 2 aliphatic carbocycles. The van der Waals surface area contributed by atoms with E-state index in [1.54, 1.807) is 0 Å². The van der Waals surface area contributed by atoms with Gasteiger partial charge in [-0.2, -0.15) is 25.3 Å². The molecule has 6 rings (SSSR count). The Morgan fingerprint density at radius 3 is 2.35 bits per heavy atom. The molecule has 51 heavy (non-hydrogen) atoms. The summed E-state index contributed by atoms with van der Waals surface area (Å²) in [6, 6.07) is 2.15. The van der Waals surface area contributed by atoms with Gasteiger partial charge >= 0.3 is 5.82 Å². The summed E-state index contributed by atoms with van der Waals surface area (Å²) in [5, 5.41) is 0. The van der Waals surface area contributed by atoms with Crippen molar-refractivity contribution >= 4 is 47.7 Å². The number of amidine groups is 1. The molecule has 3 aliphatic heterocycles. The number of nitrogens with zero attached hydrogens (tertiary/aromatic N) is 4. The lowest BCUT2D eigenvalue weighted by Gasteiger charge is -2.30. The number of hydrogen-bond acceptors (Lipinski definition) is 9. The van der Waals surface area contributed by atoms with Gasteiger partial charge in [0, 0.05) is 35.7 Å². The highest BCUT2D eigenvalue weighted by molar-refractivity contribution is 7.90. The number of rotatable bonds is 12. The summed E-state index contributed by atoms with van der Waals surface area (Å²) in [5.41, 5.74) is 6.87. The van der Waals surface area contributed by atoms with E-state index in [0.29, 0.717) is 30.8 Å². The van der Waals surface area contributed by atoms with Crippen LogP contribution in [-0.4, -0.2) is 73.4 Å². The zero-order valence-electron chi connectivity index (χ0n) is 29.0. The monoisotopic (exact) mass is 759 g/mol. The molecule has 1 aromatic rings. The number of fused-ring (bicyclic) bond motifs is 6. The Morgan fingerprint density at radius 1 is 0.980 bits per heavy atom. The van der Waals surface area contributed by atoms with Crippen molar-refractivity contribution in [3.05, 3.63) is 92.9 Å². The molecule has 274 valence electrons. The lowest BCUT2D eigenvalue weighted by atomic mass is 9.80. The van der Waals surface area contributed by atoms with Gasteiger partial charge in [-0.05, 0) is 88.1 Å². The highest BCUT2D eigenvalue weighted by Gasteiger charge is 2.52. The van der Waals surface area contributed by atoms with Crippen molar-refractivity contribution in [3.8, 4) is 0 Å². The zero-order valence-corrected chi connectivity index (χ0v) is 31.4. The maximum atomic E-state index is 12.2. The average Bonchev–Trinajstić information content (AvgIpc) is 3.69. The third-order valence-electron chi connectivity index (χ3n) is 10.4. The van der Waals surface area contributed by atoms with Crippen molar-refractivity contribution in [2.45, 2.75) is 78.2 Å². The quantitative estimate of drug-likeness (QED) is 0.151. The van der Waals surface area contributed by atoms with Gasteiger partial charge in [0.2, 0.25) is 0 Å². The first-order valence-electron chi connectivity index (χ1n) is 16.8. The summed E-state index contributed by atoms with van der Waals surface area (Å²) in [6.07, 6.45) is 16.3. The first-order chi connectivity index (χ1) is 23.7. The standard InChI is InChI=1S/C35H42N4O9S3/c1-23(7-9-25-11-13-34(3)28-19-24(2)21-38(32(28)36-30(25)34)15-5-17-49(40,41)42)8-10-26-12-14-35(4)29-20-27(51(46,47)48)22-39(33(29)37-31(26)35)16-6-18-50(43,44)45/h7-10,19-22H,5-6,11-18H2,1-4H3,(H2-,40,41,42,43,44,45,46,47,48)/p+1. The Labute approximate surface area is 299 Å². The van der Waals surface area contributed by atoms with Crippen molar-refractivity contribution in [1.29, 1.82) is 0 Å². The second kappa shape index (κ2) is 13.1. The molecule has 0 bridgehead atoms. The molecule has 0 amide bonds. The second-order valence-corrected chi connectivity index (χ2v) is 18.9. The summed E-state index contributed by atoms with van der Waals surface area (Å²) in [7, 11) is -12.8. The molecular formula is C35H43N4O9S3+. The molecule has 13 nitrogen and oxygen atoms in total. The molecule has 0 saturated heterocycles. The summed E-state index contributed by atoms with van der Waals surface area (Å²) >= 11 is 0. The Kier molecular flexibility index (Phi) is 9.60. The molecule has 1 aromatic heterocycles. The number of pyridine rings is 1. The van der Waals surface area contributed by atoms with E-state index in [4.69, 9.17) is 9.98 Å². The van der Waals surface area contributed by atoms with Crippen molar-refractivity contribution in [1.82, 2.24) is 4.90 Å². The highest BCUT2D eigenvalue weighted by atomic mass is 32.2. The van der Waals surface area contributed by atoms with Gasteiger partial charge < -0.3 is 4.90 Å². The predicted octanol–water partition coefficient (Wildman–Crippen LogP) is 4.84. The smallest absolute Gasteiger partial charge is 0.327 e. The minimum atomic E-state index is -4.55. The first-order valence-corrected chi connectivity index (χ1v) is 21.4. The van der Waals surface area contributed by atoms with Crippen LogP contribution < -0.4 is 4.57 Å². The van der Waals surface area contributed by atoms with Crippen LogP contribution in [0.2, 0.25) is 0 Å². The average molecular weight is 760 g/mol. The first kappa shape index (κ1) is 37.2. The largest absolute Gasteiger partial charge is 0.331 e. The van der Waals surface area contributed by atoms with Crippen LogP contribution in [0.1, 0.15) is 70.4 Å². The maximum absolute atomic E-state index is 12.2. The molecule has 1 saturated carbocycles. The zero-order chi connectivity index (χ0) is 37.1. The molecule has 0 radical (unpaired) electrons. The SMILES string of the molecule is CC(/C=C/C1=C2N=C3C(=CC(S(=O)(=O)O)=CN3CCCS(=O)(=O)O)C2(C)CC1)=C\C=C1/CCC2(C)C1=Nc1c2cc(C)c[n+]1CCCS(=O)(=O)O. The number of hydrogen-bond donors (Lipinski definition) is 3. The Hall–Kier alpha value is -3.54. The molecule has 2 atom stereocenters. The van der Waals surface area contributed by atoms with Crippen LogP contribution in [0.3, 0.4) is 0 Å². The minimum absolute atomic E-state index is 0.0246. The summed E-state index contributed by atoms with van der Waals surface area (Å²) in [6.45, 7) is 8.68. The van der Waals surface area contributed by atoms with Crippen LogP contribution in [-0.2, 0) is 42.3 Å². The van der Waals surface area contributed by atoms with Gasteiger partial charge in [0.05, 0.1) is 40.9 Å². The van der Waals surface area contributed by atoms with Crippen molar-refractivity contribution < 1.29 is 43.5 Å². The van der Waals surface area contributed by atoms with E-state index in [2.05, 4.69) is 25.1 Å². The van der Waals surface area contributed by atoms with Gasteiger partial charge in [-0.15, -0.1) is 0 Å². The summed E-state index contributed by atoms with van der Waals surface area (Å²) in [4.78, 5) is 11.2. The molecule has 1 fully saturated rings. The topological polar surface area (TPSA) is 195 Å². The fourth-order valence-corrected chi connectivity index (χ4v) is 9.22. The van der Waals surface area contributed by atoms with E-state index in [1.165, 1.54) is 17.2 Å². The third kappa shape index (κ3) is 7.53. The molecule has 2 unspecified atom stereocenters. The van der Waals surface area contributed by atoms with Crippen LogP contribution >= 0.6 is 0 Å². The van der Waals surface area contributed by atoms with Crippen LogP contribution in [0.4, 0.5) is 5.82 Å². The van der Waals surface area contributed by atoms with E-state index in [9.17, 15) is 38.9 Å². The molecular weight excluding hydrogens is 717 g/mol. The molecule has 3 N–H and O–H groups in total. The van der Waals surface area contributed by atoms with E-state index in [-0.39, 0.29) is 35.5 Å². The van der Waals surface area contributed by atoms with Crippen LogP contribution in [0, 0.1) is 12.3 Å². The molecule has 16 heteroatoms. The fourth-order valence-electron chi connectivity index (χ4n) is 7.70. The van der Waals surface area contributed by atoms with Gasteiger partial charge in [0.25, 0.3) is 30.4 Å². The van der Waals surface area contributed by atoms with Gasteiger partial charge in [0.1, 0.15) is 10.7 Å². The Morgan fingerprint density at radius 2 is 1.67 bits per heavy atom. The molecule has 0 aromatic carbocycles. The van der Waals surface area contributed by atoms with Crippen LogP contribution in [0.15, 0.2) is 91.7 Å². The molecule has 5 aliphatic rings. The number of aryl methyl sites for hydroxylation is 2. The number of aromatic nitrogens is 1. The van der Waals surface area contributed by atoms with Crippen molar-refractivity contribution in [3.63, 3.8) is 0 Å². The Bertz CT molecular complexity index is 2300. The van der Waals surface area contributed by atoms with Gasteiger partial charge in [-0.3, -0.25) is 13.7 Å². The van der Waals surface area contributed by atoms with Gasteiger partial charge in [0.15, 0.2) is 5.71 Å². The molecule has 0 spiro atoms. The minimum Gasteiger partial charge on any atom is -0.331 e. The summed E-state index contributed by atoms with van der Waals surface area (Å²) < 4.78 is 99.7. The van der Waals surface area contributed by atoms with Crippen LogP contribution in [0.5, 0.6) is 0 Å². The lowest BCUT2D eigenvalue weighted by molar-refractivity contribution is -0.684. The van der Waals surface area contributed by atoms with Crippen LogP contribution in [0.25, 0.3) is 0 Å². The van der Waals surface area contributed by atoms with E-state index in [0.717, 1.165) is 57.9 Å². The fraction of sp³-hybridized carbons (Fsp3) is 0.457. The van der Waals surface area contributed by atoms with E-state index < -0.39 is 41.5 Å². The van der Waals surface area contributed by atoms with Gasteiger partial charge in [-0.25, -0.2) is 9.56 Å². The van der Waals surface area contributed by atoms with Crippen molar-refractivity contribution in [2.24, 2.45) is 15.4 Å². The normalized spacial score (nSPS) is 25.6. The Balaban J connectivity index is 1.24. The van der Waals surface area contributed by atoms with E-state index in [1.807, 2.05) is 43.7 Å². The maximum Gasteiger partial charge on any atom is 0.327 e. The third-order valence-corrected chi connectivity index (χ3v) is 12.8. The van der Waals surface area contributed by atoms with Crippen molar-refractivity contribution in [2.75, 3.05) is 18.1 Å². The van der Waals surface area contributed by atoms with E-state index >= 15 is 0 Å². The second-order valence-electron chi connectivity index (χ2n) is 14.4. The number of aliphatic imine (C=N–C) groups is 2. The predicted molar refractivity (Wildman–Crippen MR) is 194 cm³/mol.